The standard InChI is InChI=1S/C6H7N.C3H8NO5P/c1-3-5-7-6-4-2;5-3(6)1-4-2-10(7,8)9/h1-2,7H,5-6H2;4H,1-2H2,(H,5,6)(H2,7,8,9). The topological polar surface area (TPSA) is 119 Å². The molecule has 0 aliphatic heterocycles. The van der Waals surface area contributed by atoms with Crippen LogP contribution in [0.5, 0.6) is 0 Å². The summed E-state index contributed by atoms with van der Waals surface area (Å²) in [7, 11) is -4.10. The van der Waals surface area contributed by atoms with E-state index in [2.05, 4.69) is 22.5 Å². The number of aliphatic carboxylic acids is 1. The summed E-state index contributed by atoms with van der Waals surface area (Å²) in [5.74, 6) is 3.65. The van der Waals surface area contributed by atoms with Gasteiger partial charge in [0.2, 0.25) is 0 Å². The molecule has 7 nitrogen and oxygen atoms in total. The second kappa shape index (κ2) is 11.2. The van der Waals surface area contributed by atoms with Gasteiger partial charge in [-0.05, 0) is 0 Å². The van der Waals surface area contributed by atoms with E-state index in [-0.39, 0.29) is 0 Å². The van der Waals surface area contributed by atoms with Gasteiger partial charge in [0.05, 0.1) is 25.9 Å². The molecule has 0 aliphatic rings. The average molecular weight is 262 g/mol. The fraction of sp³-hybridized carbons (Fsp3) is 0.444. The summed E-state index contributed by atoms with van der Waals surface area (Å²) < 4.78 is 10.1. The molecule has 0 spiro atoms. The zero-order valence-corrected chi connectivity index (χ0v) is 9.98. The molecule has 0 saturated carbocycles. The fourth-order valence-electron chi connectivity index (χ4n) is 0.515. The molecule has 0 aromatic heterocycles. The van der Waals surface area contributed by atoms with Crippen molar-refractivity contribution >= 4 is 13.6 Å². The van der Waals surface area contributed by atoms with Gasteiger partial charge in [-0.25, -0.2) is 0 Å². The number of rotatable bonds is 6. The molecule has 8 heteroatoms. The number of nitrogens with one attached hydrogen (secondary N) is 2. The van der Waals surface area contributed by atoms with Crippen molar-refractivity contribution in [3.63, 3.8) is 0 Å². The van der Waals surface area contributed by atoms with Crippen LogP contribution in [0.2, 0.25) is 0 Å². The number of hydrogen-bond acceptors (Lipinski definition) is 4. The average Bonchev–Trinajstić information content (AvgIpc) is 2.17. The predicted octanol–water partition coefficient (Wildman–Crippen LogP) is -1.36. The van der Waals surface area contributed by atoms with Gasteiger partial charge in [-0.15, -0.1) is 12.8 Å². The highest BCUT2D eigenvalue weighted by Crippen LogP contribution is 2.31. The van der Waals surface area contributed by atoms with Crippen molar-refractivity contribution in [2.75, 3.05) is 25.9 Å². The Morgan fingerprint density at radius 1 is 1.18 bits per heavy atom. The molecule has 0 aromatic rings. The normalized spacial score (nSPS) is 9.41. The highest BCUT2D eigenvalue weighted by molar-refractivity contribution is 7.51. The van der Waals surface area contributed by atoms with E-state index in [0.29, 0.717) is 13.1 Å². The molecule has 0 bridgehead atoms. The maximum atomic E-state index is 10.1. The van der Waals surface area contributed by atoms with E-state index < -0.39 is 26.4 Å². The Hall–Kier alpha value is -1.34. The molecule has 5 N–H and O–H groups in total. The van der Waals surface area contributed by atoms with E-state index >= 15 is 0 Å². The molecule has 17 heavy (non-hydrogen) atoms. The minimum absolute atomic E-state index is 0.439. The lowest BCUT2D eigenvalue weighted by atomic mass is 10.6. The lowest BCUT2D eigenvalue weighted by Gasteiger charge is -2.02. The summed E-state index contributed by atoms with van der Waals surface area (Å²) in [5.41, 5.74) is 0. The predicted molar refractivity (Wildman–Crippen MR) is 63.1 cm³/mol. The second-order valence-corrected chi connectivity index (χ2v) is 4.30. The third-order valence-corrected chi connectivity index (χ3v) is 1.68. The molecule has 0 rings (SSSR count). The van der Waals surface area contributed by atoms with Crippen LogP contribution in [0.4, 0.5) is 0 Å². The molecule has 0 atom stereocenters. The number of carboxylic acids is 1. The van der Waals surface area contributed by atoms with Crippen molar-refractivity contribution in [2.24, 2.45) is 0 Å². The summed E-state index contributed by atoms with van der Waals surface area (Å²) in [6.07, 6.45) is 9.18. The van der Waals surface area contributed by atoms with Gasteiger partial charge in [0, 0.05) is 0 Å². The Kier molecular flexibility index (Phi) is 11.8. The van der Waals surface area contributed by atoms with Crippen LogP contribution in [0.3, 0.4) is 0 Å². The highest BCUT2D eigenvalue weighted by atomic mass is 31.2. The molecule has 0 aliphatic carbocycles. The Balaban J connectivity index is 0. The van der Waals surface area contributed by atoms with Gasteiger partial charge >= 0.3 is 13.6 Å². The van der Waals surface area contributed by atoms with Crippen LogP contribution >= 0.6 is 7.60 Å². The van der Waals surface area contributed by atoms with Crippen molar-refractivity contribution in [3.05, 3.63) is 0 Å². The van der Waals surface area contributed by atoms with Gasteiger partial charge in [-0.1, -0.05) is 11.8 Å². The van der Waals surface area contributed by atoms with Gasteiger partial charge in [0.15, 0.2) is 0 Å². The fourth-order valence-corrected chi connectivity index (χ4v) is 0.918. The SMILES string of the molecule is C#CCNCC#C.O=C(O)CNCP(=O)(O)O. The molecule has 96 valence electrons. The molecule has 0 aromatic carbocycles. The maximum Gasteiger partial charge on any atom is 0.339 e. The van der Waals surface area contributed by atoms with Gasteiger partial charge in [-0.3, -0.25) is 20.0 Å². The van der Waals surface area contributed by atoms with Gasteiger partial charge in [-0.2, -0.15) is 0 Å². The van der Waals surface area contributed by atoms with Gasteiger partial charge in [0.25, 0.3) is 0 Å². The van der Waals surface area contributed by atoms with Crippen LogP contribution in [0, 0.1) is 24.7 Å². The monoisotopic (exact) mass is 262 g/mol. The molecule has 0 saturated heterocycles. The number of carbonyl (C=O) groups is 1. The molecule has 0 heterocycles. The number of terminal acetylenes is 2. The van der Waals surface area contributed by atoms with E-state index in [1.165, 1.54) is 0 Å². The first kappa shape index (κ1) is 18.0. The Morgan fingerprint density at radius 3 is 1.94 bits per heavy atom. The molecular formula is C9H15N2O5P. The highest BCUT2D eigenvalue weighted by Gasteiger charge is 2.11. The third kappa shape index (κ3) is 25.2. The Morgan fingerprint density at radius 2 is 1.65 bits per heavy atom. The molecule has 0 radical (unpaired) electrons. The first-order valence-electron chi connectivity index (χ1n) is 4.38. The largest absolute Gasteiger partial charge is 0.480 e. The molecular weight excluding hydrogens is 247 g/mol. The van der Waals surface area contributed by atoms with Gasteiger partial charge in [0.1, 0.15) is 0 Å². The first-order chi connectivity index (χ1) is 7.83. The summed E-state index contributed by atoms with van der Waals surface area (Å²) in [4.78, 5) is 26.1. The molecule has 0 fully saturated rings. The van der Waals surface area contributed by atoms with Crippen molar-refractivity contribution in [3.8, 4) is 24.7 Å². The lowest BCUT2D eigenvalue weighted by molar-refractivity contribution is -0.135. The van der Waals surface area contributed by atoms with Crippen molar-refractivity contribution < 1.29 is 24.3 Å². The van der Waals surface area contributed by atoms with Crippen LogP contribution in [-0.4, -0.2) is 46.8 Å². The summed E-state index contributed by atoms with van der Waals surface area (Å²) in [5, 5.41) is 12.9. The smallest absolute Gasteiger partial charge is 0.339 e. The lowest BCUT2D eigenvalue weighted by Crippen LogP contribution is -2.23. The first-order valence-corrected chi connectivity index (χ1v) is 6.18. The zero-order valence-electron chi connectivity index (χ0n) is 9.09. The Labute approximate surface area is 99.8 Å². The van der Waals surface area contributed by atoms with E-state index in [4.69, 9.17) is 27.7 Å². The van der Waals surface area contributed by atoms with Crippen molar-refractivity contribution in [1.82, 2.24) is 10.6 Å². The molecule has 0 unspecified atom stereocenters. The van der Waals surface area contributed by atoms with Crippen molar-refractivity contribution in [2.45, 2.75) is 0 Å². The van der Waals surface area contributed by atoms with Crippen LogP contribution < -0.4 is 10.6 Å². The Bertz CT molecular complexity index is 324. The van der Waals surface area contributed by atoms with Gasteiger partial charge < -0.3 is 14.9 Å². The maximum absolute atomic E-state index is 10.1. The van der Waals surface area contributed by atoms with Crippen LogP contribution in [0.1, 0.15) is 0 Å². The van der Waals surface area contributed by atoms with Crippen LogP contribution in [0.15, 0.2) is 0 Å². The zero-order chi connectivity index (χ0) is 13.7. The molecule has 0 amide bonds. The number of carboxylic acid groups (broad SMARTS) is 1. The van der Waals surface area contributed by atoms with E-state index in [9.17, 15) is 9.36 Å². The quantitative estimate of drug-likeness (QED) is 0.228. The van der Waals surface area contributed by atoms with E-state index in [1.807, 2.05) is 0 Å². The third-order valence-electron chi connectivity index (χ3n) is 1.05. The number of hydrogen-bond donors (Lipinski definition) is 5. The van der Waals surface area contributed by atoms with Crippen molar-refractivity contribution in [1.29, 1.82) is 0 Å². The summed E-state index contributed by atoms with van der Waals surface area (Å²) >= 11 is 0. The second-order valence-electron chi connectivity index (χ2n) is 2.66. The van der Waals surface area contributed by atoms with E-state index in [1.54, 1.807) is 0 Å². The summed E-state index contributed by atoms with van der Waals surface area (Å²) in [6.45, 7) is 0.680. The van der Waals surface area contributed by atoms with E-state index in [0.717, 1.165) is 0 Å². The minimum Gasteiger partial charge on any atom is -0.480 e. The van der Waals surface area contributed by atoms with Crippen LogP contribution in [0.25, 0.3) is 0 Å². The van der Waals surface area contributed by atoms with Crippen LogP contribution in [-0.2, 0) is 9.36 Å². The minimum atomic E-state index is -4.10. The summed E-state index contributed by atoms with van der Waals surface area (Å²) in [6, 6.07) is 0.